The predicted octanol–water partition coefficient (Wildman–Crippen LogP) is 1.70. The van der Waals surface area contributed by atoms with E-state index in [0.29, 0.717) is 0 Å². The van der Waals surface area contributed by atoms with E-state index in [1.165, 1.54) is 12.1 Å². The molecule has 0 bridgehead atoms. The highest BCUT2D eigenvalue weighted by Crippen LogP contribution is 2.18. The molecule has 0 amide bonds. The molecule has 0 aliphatic heterocycles. The van der Waals surface area contributed by atoms with Gasteiger partial charge in [0.15, 0.2) is 0 Å². The number of esters is 1. The molecule has 0 saturated carbocycles. The van der Waals surface area contributed by atoms with E-state index in [1.807, 2.05) is 0 Å². The van der Waals surface area contributed by atoms with Crippen molar-refractivity contribution in [3.8, 4) is 18.1 Å². The van der Waals surface area contributed by atoms with Crippen molar-refractivity contribution in [3.63, 3.8) is 0 Å². The lowest BCUT2D eigenvalue weighted by molar-refractivity contribution is -0.134. The molecule has 0 aromatic heterocycles. The number of carbonyl (C=O) groups is 2. The monoisotopic (exact) mass is 218 g/mol. The van der Waals surface area contributed by atoms with Crippen LogP contribution in [0.4, 0.5) is 0 Å². The molecule has 4 nitrogen and oxygen atoms in total. The topological polar surface area (TPSA) is 63.6 Å². The number of hydrogen-bond acceptors (Lipinski definition) is 3. The Labute approximate surface area is 92.9 Å². The van der Waals surface area contributed by atoms with Crippen LogP contribution >= 0.6 is 0 Å². The van der Waals surface area contributed by atoms with Crippen molar-refractivity contribution in [1.29, 1.82) is 0 Å². The molecule has 1 N–H and O–H groups in total. The van der Waals surface area contributed by atoms with E-state index < -0.39 is 11.9 Å². The van der Waals surface area contributed by atoms with Crippen LogP contribution in [0.25, 0.3) is 0 Å². The molecule has 0 spiro atoms. The van der Waals surface area contributed by atoms with Crippen LogP contribution in [0.5, 0.6) is 5.75 Å². The van der Waals surface area contributed by atoms with Gasteiger partial charge in [0.1, 0.15) is 11.3 Å². The number of carboxylic acid groups (broad SMARTS) is 1. The quantitative estimate of drug-likeness (QED) is 0.474. The molecule has 0 unspecified atom stereocenters. The highest BCUT2D eigenvalue weighted by molar-refractivity contribution is 5.91. The van der Waals surface area contributed by atoms with E-state index in [4.69, 9.17) is 16.3 Å². The van der Waals surface area contributed by atoms with Gasteiger partial charge in [-0.25, -0.2) is 4.79 Å². The average molecular weight is 218 g/mol. The van der Waals surface area contributed by atoms with E-state index in [2.05, 4.69) is 5.92 Å². The number of hydrogen-bond donors (Lipinski definition) is 1. The van der Waals surface area contributed by atoms with Gasteiger partial charge >= 0.3 is 11.9 Å². The number of carboxylic acids is 1. The van der Waals surface area contributed by atoms with E-state index in [0.717, 1.165) is 0 Å². The molecule has 82 valence electrons. The van der Waals surface area contributed by atoms with Crippen molar-refractivity contribution in [2.45, 2.75) is 12.8 Å². The summed E-state index contributed by atoms with van der Waals surface area (Å²) in [7, 11) is 0. The highest BCUT2D eigenvalue weighted by atomic mass is 16.5. The lowest BCUT2D eigenvalue weighted by Gasteiger charge is -2.05. The summed E-state index contributed by atoms with van der Waals surface area (Å²) < 4.78 is 4.89. The van der Waals surface area contributed by atoms with E-state index in [1.54, 1.807) is 12.1 Å². The van der Waals surface area contributed by atoms with Gasteiger partial charge in [0, 0.05) is 6.42 Å². The summed E-state index contributed by atoms with van der Waals surface area (Å²) >= 11 is 0. The summed E-state index contributed by atoms with van der Waals surface area (Å²) in [5, 5.41) is 8.83. The first-order chi connectivity index (χ1) is 7.65. The Morgan fingerprint density at radius 3 is 2.69 bits per heavy atom. The second kappa shape index (κ2) is 5.56. The number of benzene rings is 1. The predicted molar refractivity (Wildman–Crippen MR) is 57.1 cm³/mol. The summed E-state index contributed by atoms with van der Waals surface area (Å²) in [6.45, 7) is 0. The maximum atomic E-state index is 11.2. The molecule has 0 radical (unpaired) electrons. The van der Waals surface area contributed by atoms with Crippen LogP contribution in [0.15, 0.2) is 24.3 Å². The Kier molecular flexibility index (Phi) is 4.10. The first kappa shape index (κ1) is 11.8. The standard InChI is InChI=1S/C12H10O4/c1-2-3-8-11(13)16-10-7-5-4-6-9(10)12(14)15/h1,4-7H,3,8H2,(H,14,15). The fourth-order valence-corrected chi connectivity index (χ4v) is 1.08. The molecule has 0 aliphatic carbocycles. The summed E-state index contributed by atoms with van der Waals surface area (Å²) in [4.78, 5) is 22.0. The van der Waals surface area contributed by atoms with Gasteiger partial charge < -0.3 is 9.84 Å². The van der Waals surface area contributed by atoms with Gasteiger partial charge in [-0.05, 0) is 12.1 Å². The second-order valence-electron chi connectivity index (χ2n) is 2.98. The normalized spacial score (nSPS) is 9.19. The molecule has 1 aromatic carbocycles. The zero-order chi connectivity index (χ0) is 12.0. The molecule has 0 aliphatic rings. The Morgan fingerprint density at radius 1 is 1.38 bits per heavy atom. The van der Waals surface area contributed by atoms with Crippen LogP contribution < -0.4 is 4.74 Å². The van der Waals surface area contributed by atoms with Crippen LogP contribution in [0.1, 0.15) is 23.2 Å². The summed E-state index contributed by atoms with van der Waals surface area (Å²) in [6.07, 6.45) is 5.34. The lowest BCUT2D eigenvalue weighted by atomic mass is 10.2. The van der Waals surface area contributed by atoms with Crippen molar-refractivity contribution in [1.82, 2.24) is 0 Å². The number of para-hydroxylation sites is 1. The van der Waals surface area contributed by atoms with Gasteiger partial charge in [0.25, 0.3) is 0 Å². The smallest absolute Gasteiger partial charge is 0.339 e. The first-order valence-electron chi connectivity index (χ1n) is 4.61. The molecule has 0 atom stereocenters. The van der Waals surface area contributed by atoms with Crippen molar-refractivity contribution < 1.29 is 19.4 Å². The van der Waals surface area contributed by atoms with E-state index >= 15 is 0 Å². The summed E-state index contributed by atoms with van der Waals surface area (Å²) in [5.74, 6) is 0.669. The Hall–Kier alpha value is -2.28. The molecule has 0 saturated heterocycles. The number of terminal acetylenes is 1. The average Bonchev–Trinajstić information content (AvgIpc) is 2.27. The molecule has 1 rings (SSSR count). The SMILES string of the molecule is C#CCCC(=O)Oc1ccccc1C(=O)O. The van der Waals surface area contributed by atoms with Crippen molar-refractivity contribution >= 4 is 11.9 Å². The minimum atomic E-state index is -1.14. The third-order valence-corrected chi connectivity index (χ3v) is 1.81. The van der Waals surface area contributed by atoms with Gasteiger partial charge in [-0.1, -0.05) is 12.1 Å². The zero-order valence-electron chi connectivity index (χ0n) is 8.47. The molecule has 16 heavy (non-hydrogen) atoms. The second-order valence-corrected chi connectivity index (χ2v) is 2.98. The maximum absolute atomic E-state index is 11.2. The highest BCUT2D eigenvalue weighted by Gasteiger charge is 2.13. The lowest BCUT2D eigenvalue weighted by Crippen LogP contribution is -2.10. The maximum Gasteiger partial charge on any atom is 0.339 e. The van der Waals surface area contributed by atoms with Gasteiger partial charge in [-0.3, -0.25) is 4.79 Å². The Bertz CT molecular complexity index is 443. The van der Waals surface area contributed by atoms with Crippen LogP contribution in [-0.2, 0) is 4.79 Å². The van der Waals surface area contributed by atoms with Gasteiger partial charge in [-0.2, -0.15) is 0 Å². The van der Waals surface area contributed by atoms with Crippen LogP contribution in [0.2, 0.25) is 0 Å². The number of aromatic carboxylic acids is 1. The molecule has 4 heteroatoms. The van der Waals surface area contributed by atoms with Crippen LogP contribution in [0, 0.1) is 12.3 Å². The van der Waals surface area contributed by atoms with Crippen molar-refractivity contribution in [3.05, 3.63) is 29.8 Å². The Balaban J connectivity index is 2.77. The van der Waals surface area contributed by atoms with Crippen molar-refractivity contribution in [2.75, 3.05) is 0 Å². The third-order valence-electron chi connectivity index (χ3n) is 1.81. The zero-order valence-corrected chi connectivity index (χ0v) is 8.47. The van der Waals surface area contributed by atoms with Gasteiger partial charge in [-0.15, -0.1) is 12.3 Å². The molecule has 1 aromatic rings. The van der Waals surface area contributed by atoms with Crippen molar-refractivity contribution in [2.24, 2.45) is 0 Å². The molecular formula is C12H10O4. The first-order valence-corrected chi connectivity index (χ1v) is 4.61. The van der Waals surface area contributed by atoms with E-state index in [9.17, 15) is 9.59 Å². The third kappa shape index (κ3) is 3.14. The fourth-order valence-electron chi connectivity index (χ4n) is 1.08. The summed E-state index contributed by atoms with van der Waals surface area (Å²) in [6, 6.07) is 5.95. The fraction of sp³-hybridized carbons (Fsp3) is 0.167. The summed E-state index contributed by atoms with van der Waals surface area (Å²) in [5.41, 5.74) is -0.0449. The molecule has 0 fully saturated rings. The van der Waals surface area contributed by atoms with Gasteiger partial charge in [0.2, 0.25) is 0 Å². The number of ether oxygens (including phenoxy) is 1. The van der Waals surface area contributed by atoms with Crippen LogP contribution in [0.3, 0.4) is 0 Å². The number of carbonyl (C=O) groups excluding carboxylic acids is 1. The minimum Gasteiger partial charge on any atom is -0.478 e. The Morgan fingerprint density at radius 2 is 2.06 bits per heavy atom. The number of rotatable bonds is 4. The van der Waals surface area contributed by atoms with Crippen LogP contribution in [-0.4, -0.2) is 17.0 Å². The molecular weight excluding hydrogens is 208 g/mol. The largest absolute Gasteiger partial charge is 0.478 e. The van der Waals surface area contributed by atoms with E-state index in [-0.39, 0.29) is 24.2 Å². The minimum absolute atomic E-state index is 0.0389. The van der Waals surface area contributed by atoms with Gasteiger partial charge in [0.05, 0.1) is 6.42 Å². The molecule has 0 heterocycles.